The maximum atomic E-state index is 11.6. The Labute approximate surface area is 122 Å². The molecule has 7 nitrogen and oxygen atoms in total. The quantitative estimate of drug-likeness (QED) is 0.627. The Morgan fingerprint density at radius 1 is 1.38 bits per heavy atom. The molecule has 0 saturated carbocycles. The van der Waals surface area contributed by atoms with Crippen molar-refractivity contribution in [3.05, 3.63) is 29.8 Å². The van der Waals surface area contributed by atoms with Gasteiger partial charge in [-0.25, -0.2) is 4.79 Å². The number of amides is 2. The lowest BCUT2D eigenvalue weighted by Gasteiger charge is -2.13. The first-order valence-corrected chi connectivity index (χ1v) is 6.44. The van der Waals surface area contributed by atoms with Gasteiger partial charge in [-0.3, -0.25) is 9.59 Å². The van der Waals surface area contributed by atoms with Crippen LogP contribution in [-0.4, -0.2) is 35.5 Å². The summed E-state index contributed by atoms with van der Waals surface area (Å²) in [7, 11) is 0. The number of nitrogens with two attached hydrogens (primary N) is 1. The SMILES string of the molecule is CCc1cccc(OCC(=O)N[C@@H](CC(N)=O)C(=O)O)c1. The molecule has 0 aliphatic carbocycles. The Morgan fingerprint density at radius 3 is 2.67 bits per heavy atom. The van der Waals surface area contributed by atoms with Gasteiger partial charge in [0.1, 0.15) is 11.8 Å². The predicted octanol–water partition coefficient (Wildman–Crippen LogP) is 0.0726. The molecule has 1 rings (SSSR count). The van der Waals surface area contributed by atoms with E-state index in [4.69, 9.17) is 15.6 Å². The molecular weight excluding hydrogens is 276 g/mol. The molecule has 0 saturated heterocycles. The van der Waals surface area contributed by atoms with E-state index < -0.39 is 30.2 Å². The summed E-state index contributed by atoms with van der Waals surface area (Å²) < 4.78 is 5.27. The predicted molar refractivity (Wildman–Crippen MR) is 74.7 cm³/mol. The number of nitrogens with one attached hydrogen (secondary N) is 1. The number of ether oxygens (including phenoxy) is 1. The number of primary amides is 1. The van der Waals surface area contributed by atoms with Crippen LogP contribution in [0.15, 0.2) is 24.3 Å². The minimum Gasteiger partial charge on any atom is -0.484 e. The third-order valence-electron chi connectivity index (χ3n) is 2.72. The Kier molecular flexibility index (Phi) is 6.19. The molecule has 7 heteroatoms. The Balaban J connectivity index is 2.52. The fourth-order valence-electron chi connectivity index (χ4n) is 1.64. The zero-order chi connectivity index (χ0) is 15.8. The maximum absolute atomic E-state index is 11.6. The smallest absolute Gasteiger partial charge is 0.326 e. The molecule has 0 aliphatic rings. The van der Waals surface area contributed by atoms with Gasteiger partial charge >= 0.3 is 5.97 Å². The monoisotopic (exact) mass is 294 g/mol. The topological polar surface area (TPSA) is 119 Å². The van der Waals surface area contributed by atoms with Crippen LogP contribution in [0.25, 0.3) is 0 Å². The van der Waals surface area contributed by atoms with Crippen LogP contribution in [0.4, 0.5) is 0 Å². The molecule has 0 bridgehead atoms. The highest BCUT2D eigenvalue weighted by atomic mass is 16.5. The van der Waals surface area contributed by atoms with Gasteiger partial charge in [-0.05, 0) is 24.1 Å². The first-order valence-electron chi connectivity index (χ1n) is 6.44. The van der Waals surface area contributed by atoms with Crippen LogP contribution in [0.1, 0.15) is 18.9 Å². The molecule has 0 unspecified atom stereocenters. The van der Waals surface area contributed by atoms with Crippen molar-refractivity contribution in [3.8, 4) is 5.75 Å². The molecule has 4 N–H and O–H groups in total. The van der Waals surface area contributed by atoms with Gasteiger partial charge in [-0.1, -0.05) is 19.1 Å². The molecule has 0 spiro atoms. The molecule has 114 valence electrons. The van der Waals surface area contributed by atoms with E-state index in [0.29, 0.717) is 5.75 Å². The van der Waals surface area contributed by atoms with Gasteiger partial charge in [0.05, 0.1) is 6.42 Å². The number of aliphatic carboxylic acids is 1. The number of carbonyl (C=O) groups is 3. The normalized spacial score (nSPS) is 11.5. The van der Waals surface area contributed by atoms with E-state index >= 15 is 0 Å². The van der Waals surface area contributed by atoms with Gasteiger partial charge in [0.15, 0.2) is 6.61 Å². The average Bonchev–Trinajstić information content (AvgIpc) is 2.44. The zero-order valence-corrected chi connectivity index (χ0v) is 11.7. The number of rotatable bonds is 8. The Bertz CT molecular complexity index is 530. The van der Waals surface area contributed by atoms with E-state index in [1.165, 1.54) is 0 Å². The fourth-order valence-corrected chi connectivity index (χ4v) is 1.64. The van der Waals surface area contributed by atoms with Gasteiger partial charge in [0.25, 0.3) is 5.91 Å². The molecule has 1 aromatic carbocycles. The highest BCUT2D eigenvalue weighted by Crippen LogP contribution is 2.13. The standard InChI is InChI=1S/C14H18N2O5/c1-2-9-4-3-5-10(6-9)21-8-13(18)16-11(14(19)20)7-12(15)17/h3-6,11H,2,7-8H2,1H3,(H2,15,17)(H,16,18)(H,19,20)/t11-/m0/s1. The Hall–Kier alpha value is -2.57. The van der Waals surface area contributed by atoms with Gasteiger partial charge in [-0.15, -0.1) is 0 Å². The lowest BCUT2D eigenvalue weighted by Crippen LogP contribution is -2.45. The first-order chi connectivity index (χ1) is 9.92. The lowest BCUT2D eigenvalue weighted by molar-refractivity contribution is -0.143. The van der Waals surface area contributed by atoms with Crippen molar-refractivity contribution in [1.82, 2.24) is 5.32 Å². The zero-order valence-electron chi connectivity index (χ0n) is 11.7. The average molecular weight is 294 g/mol. The highest BCUT2D eigenvalue weighted by molar-refractivity contribution is 5.88. The molecule has 1 aromatic rings. The minimum atomic E-state index is -1.35. The summed E-state index contributed by atoms with van der Waals surface area (Å²) in [6.07, 6.45) is 0.371. The van der Waals surface area contributed by atoms with E-state index in [9.17, 15) is 14.4 Å². The Morgan fingerprint density at radius 2 is 2.10 bits per heavy atom. The number of carboxylic acid groups (broad SMARTS) is 1. The van der Waals surface area contributed by atoms with E-state index in [2.05, 4.69) is 5.32 Å². The first kappa shape index (κ1) is 16.5. The maximum Gasteiger partial charge on any atom is 0.326 e. The number of carbonyl (C=O) groups excluding carboxylic acids is 2. The third-order valence-corrected chi connectivity index (χ3v) is 2.72. The molecule has 0 radical (unpaired) electrons. The van der Waals surface area contributed by atoms with E-state index in [-0.39, 0.29) is 6.61 Å². The second-order valence-corrected chi connectivity index (χ2v) is 4.42. The highest BCUT2D eigenvalue weighted by Gasteiger charge is 2.22. The second kappa shape index (κ2) is 7.88. The number of benzene rings is 1. The van der Waals surface area contributed by atoms with Crippen molar-refractivity contribution in [2.75, 3.05) is 6.61 Å². The summed E-state index contributed by atoms with van der Waals surface area (Å²) in [6.45, 7) is 1.66. The summed E-state index contributed by atoms with van der Waals surface area (Å²) in [6, 6.07) is 5.88. The molecule has 21 heavy (non-hydrogen) atoms. The number of aryl methyl sites for hydroxylation is 1. The molecule has 1 atom stereocenters. The molecule has 0 aromatic heterocycles. The van der Waals surface area contributed by atoms with Crippen LogP contribution in [0.3, 0.4) is 0 Å². The fraction of sp³-hybridized carbons (Fsp3) is 0.357. The molecule has 2 amide bonds. The summed E-state index contributed by atoms with van der Waals surface area (Å²) >= 11 is 0. The van der Waals surface area contributed by atoms with E-state index in [1.54, 1.807) is 18.2 Å². The van der Waals surface area contributed by atoms with Crippen LogP contribution in [0.2, 0.25) is 0 Å². The van der Waals surface area contributed by atoms with Crippen LogP contribution in [0, 0.1) is 0 Å². The summed E-state index contributed by atoms with van der Waals surface area (Å²) in [5, 5.41) is 11.0. The van der Waals surface area contributed by atoms with Crippen molar-refractivity contribution in [3.63, 3.8) is 0 Å². The second-order valence-electron chi connectivity index (χ2n) is 4.42. The molecule has 0 fully saturated rings. The molecule has 0 heterocycles. The summed E-state index contributed by atoms with van der Waals surface area (Å²) in [4.78, 5) is 33.2. The van der Waals surface area contributed by atoms with Crippen molar-refractivity contribution in [1.29, 1.82) is 0 Å². The number of hydrogen-bond donors (Lipinski definition) is 3. The van der Waals surface area contributed by atoms with Gasteiger partial charge in [0, 0.05) is 0 Å². The molecular formula is C14H18N2O5. The van der Waals surface area contributed by atoms with Crippen LogP contribution in [-0.2, 0) is 20.8 Å². The minimum absolute atomic E-state index is 0.338. The van der Waals surface area contributed by atoms with Crippen molar-refractivity contribution in [2.45, 2.75) is 25.8 Å². The van der Waals surface area contributed by atoms with Crippen molar-refractivity contribution < 1.29 is 24.2 Å². The van der Waals surface area contributed by atoms with Gasteiger partial charge < -0.3 is 20.9 Å². The lowest BCUT2D eigenvalue weighted by atomic mass is 10.2. The van der Waals surface area contributed by atoms with Crippen LogP contribution < -0.4 is 15.8 Å². The van der Waals surface area contributed by atoms with Crippen molar-refractivity contribution >= 4 is 17.8 Å². The van der Waals surface area contributed by atoms with Gasteiger partial charge in [0.2, 0.25) is 5.91 Å². The molecule has 0 aliphatic heterocycles. The van der Waals surface area contributed by atoms with Crippen LogP contribution >= 0.6 is 0 Å². The van der Waals surface area contributed by atoms with E-state index in [1.807, 2.05) is 13.0 Å². The van der Waals surface area contributed by atoms with Crippen molar-refractivity contribution in [2.24, 2.45) is 5.73 Å². The largest absolute Gasteiger partial charge is 0.484 e. The van der Waals surface area contributed by atoms with Crippen LogP contribution in [0.5, 0.6) is 5.75 Å². The number of carboxylic acids is 1. The number of hydrogen-bond acceptors (Lipinski definition) is 4. The summed E-state index contributed by atoms with van der Waals surface area (Å²) in [5.41, 5.74) is 5.98. The van der Waals surface area contributed by atoms with E-state index in [0.717, 1.165) is 12.0 Å². The summed E-state index contributed by atoms with van der Waals surface area (Å²) in [5.74, 6) is -2.24. The van der Waals surface area contributed by atoms with Gasteiger partial charge in [-0.2, -0.15) is 0 Å². The third kappa shape index (κ3) is 5.94.